The summed E-state index contributed by atoms with van der Waals surface area (Å²) >= 11 is 0. The van der Waals surface area contributed by atoms with Crippen LogP contribution in [0.5, 0.6) is 0 Å². The molecule has 0 spiro atoms. The summed E-state index contributed by atoms with van der Waals surface area (Å²) in [5.41, 5.74) is 1.03. The lowest BCUT2D eigenvalue weighted by Gasteiger charge is -2.38. The molecule has 32 heavy (non-hydrogen) atoms. The Balaban J connectivity index is 1.24. The Kier molecular flexibility index (Phi) is 4.97. The molecule has 1 aromatic carbocycles. The number of carboxylic acid groups (broad SMARTS) is 1. The zero-order chi connectivity index (χ0) is 22.7. The molecule has 1 saturated carbocycles. The maximum Gasteiger partial charge on any atom is 0.335 e. The number of carboxylic acids is 1. The number of hydrogen-bond donors (Lipinski definition) is 1. The van der Waals surface area contributed by atoms with E-state index in [4.69, 9.17) is 0 Å². The maximum atomic E-state index is 13.2. The van der Waals surface area contributed by atoms with Crippen LogP contribution in [-0.4, -0.2) is 74.8 Å². The van der Waals surface area contributed by atoms with Crippen molar-refractivity contribution >= 4 is 17.8 Å². The lowest BCUT2D eigenvalue weighted by atomic mass is 10.0. The second kappa shape index (κ2) is 7.59. The van der Waals surface area contributed by atoms with E-state index in [1.165, 1.54) is 0 Å². The highest BCUT2D eigenvalue weighted by atomic mass is 16.4. The highest BCUT2D eigenvalue weighted by Gasteiger charge is 2.55. The van der Waals surface area contributed by atoms with E-state index < -0.39 is 5.97 Å². The van der Waals surface area contributed by atoms with Crippen molar-refractivity contribution in [1.29, 1.82) is 5.26 Å². The quantitative estimate of drug-likeness (QED) is 0.730. The fourth-order valence-electron chi connectivity index (χ4n) is 6.06. The molecular formula is C24H28N4O4. The monoisotopic (exact) mass is 436 g/mol. The number of piperazine rings is 1. The molecule has 0 radical (unpaired) electrons. The third-order valence-electron chi connectivity index (χ3n) is 7.79. The molecule has 3 heterocycles. The molecule has 1 unspecified atom stereocenters. The van der Waals surface area contributed by atoms with Gasteiger partial charge in [-0.1, -0.05) is 19.1 Å². The highest BCUT2D eigenvalue weighted by Crippen LogP contribution is 2.48. The molecule has 5 rings (SSSR count). The number of nitriles is 1. The third kappa shape index (κ3) is 3.27. The molecule has 8 heteroatoms. The Labute approximate surface area is 187 Å². The molecule has 2 bridgehead atoms. The summed E-state index contributed by atoms with van der Waals surface area (Å²) in [7, 11) is 0. The summed E-state index contributed by atoms with van der Waals surface area (Å²) < 4.78 is 0. The number of nitrogens with zero attached hydrogens (tertiary/aromatic N) is 4. The largest absolute Gasteiger partial charge is 0.478 e. The van der Waals surface area contributed by atoms with E-state index in [-0.39, 0.29) is 53.5 Å². The molecule has 3 saturated heterocycles. The zero-order valence-electron chi connectivity index (χ0n) is 18.3. The minimum Gasteiger partial charge on any atom is -0.478 e. The Morgan fingerprint density at radius 2 is 2.03 bits per heavy atom. The average Bonchev–Trinajstić information content (AvgIpc) is 3.11. The van der Waals surface area contributed by atoms with E-state index >= 15 is 0 Å². The van der Waals surface area contributed by atoms with Gasteiger partial charge in [-0.3, -0.25) is 14.5 Å². The molecule has 8 nitrogen and oxygen atoms in total. The number of likely N-dealkylation sites (tertiary alicyclic amines) is 3. The van der Waals surface area contributed by atoms with Crippen LogP contribution in [0.2, 0.25) is 0 Å². The fourth-order valence-corrected chi connectivity index (χ4v) is 6.06. The Morgan fingerprint density at radius 1 is 1.25 bits per heavy atom. The Morgan fingerprint density at radius 3 is 2.72 bits per heavy atom. The van der Waals surface area contributed by atoms with Gasteiger partial charge in [-0.25, -0.2) is 4.79 Å². The molecule has 4 aliphatic rings. The van der Waals surface area contributed by atoms with Crippen LogP contribution >= 0.6 is 0 Å². The third-order valence-corrected chi connectivity index (χ3v) is 7.79. The molecule has 168 valence electrons. The number of hydrogen-bond acceptors (Lipinski definition) is 5. The van der Waals surface area contributed by atoms with Gasteiger partial charge in [0.15, 0.2) is 0 Å². The zero-order valence-corrected chi connectivity index (χ0v) is 18.3. The molecule has 1 aliphatic carbocycles. The van der Waals surface area contributed by atoms with E-state index in [1.807, 2.05) is 24.8 Å². The molecule has 2 amide bonds. The van der Waals surface area contributed by atoms with Gasteiger partial charge in [0, 0.05) is 31.1 Å². The molecule has 1 N–H and O–H groups in total. The SMILES string of the molecule is C[C@@H](CN1C[C@@H]2C[C@H]1C(=O)N2[C@@H](C)c1cccc(C(=O)O)c1)C(=O)N1C2C[C@H]2C[C@H]1C#N. The van der Waals surface area contributed by atoms with Gasteiger partial charge in [-0.2, -0.15) is 5.26 Å². The first-order valence-corrected chi connectivity index (χ1v) is 11.4. The Hall–Kier alpha value is -2.92. The van der Waals surface area contributed by atoms with Crippen molar-refractivity contribution in [2.45, 2.75) is 63.3 Å². The van der Waals surface area contributed by atoms with Crippen LogP contribution in [0.15, 0.2) is 24.3 Å². The summed E-state index contributed by atoms with van der Waals surface area (Å²) in [6, 6.07) is 8.60. The van der Waals surface area contributed by atoms with Crippen LogP contribution in [0.4, 0.5) is 0 Å². The molecule has 1 aromatic rings. The summed E-state index contributed by atoms with van der Waals surface area (Å²) in [5.74, 6) is -0.655. The predicted octanol–water partition coefficient (Wildman–Crippen LogP) is 1.88. The fraction of sp³-hybridized carbons (Fsp3) is 0.583. The molecule has 3 aliphatic heterocycles. The van der Waals surface area contributed by atoms with E-state index in [0.717, 1.165) is 24.8 Å². The number of piperidine rings is 1. The van der Waals surface area contributed by atoms with Crippen LogP contribution in [0.3, 0.4) is 0 Å². The number of rotatable bonds is 6. The lowest BCUT2D eigenvalue weighted by Crippen LogP contribution is -2.53. The van der Waals surface area contributed by atoms with Crippen molar-refractivity contribution in [1.82, 2.24) is 14.7 Å². The molecule has 4 fully saturated rings. The van der Waals surface area contributed by atoms with Crippen molar-refractivity contribution in [2.24, 2.45) is 11.8 Å². The van der Waals surface area contributed by atoms with Gasteiger partial charge in [0.05, 0.1) is 23.7 Å². The summed E-state index contributed by atoms with van der Waals surface area (Å²) in [6.45, 7) is 5.08. The van der Waals surface area contributed by atoms with Crippen LogP contribution in [-0.2, 0) is 9.59 Å². The van der Waals surface area contributed by atoms with Crippen LogP contribution in [0.25, 0.3) is 0 Å². The number of aromatic carboxylic acids is 1. The summed E-state index contributed by atoms with van der Waals surface area (Å²) in [5, 5.41) is 18.7. The normalized spacial score (nSPS) is 32.5. The average molecular weight is 437 g/mol. The number of carbonyl (C=O) groups excluding carboxylic acids is 2. The Bertz CT molecular complexity index is 1020. The van der Waals surface area contributed by atoms with E-state index in [0.29, 0.717) is 19.0 Å². The van der Waals surface area contributed by atoms with E-state index in [2.05, 4.69) is 11.0 Å². The first-order chi connectivity index (χ1) is 15.3. The minimum absolute atomic E-state index is 0.0347. The number of benzene rings is 1. The van der Waals surface area contributed by atoms with Gasteiger partial charge in [0.25, 0.3) is 0 Å². The number of amides is 2. The number of fused-ring (bicyclic) bond motifs is 3. The van der Waals surface area contributed by atoms with Gasteiger partial charge in [-0.05, 0) is 49.8 Å². The van der Waals surface area contributed by atoms with Crippen LogP contribution < -0.4 is 0 Å². The van der Waals surface area contributed by atoms with Crippen molar-refractivity contribution < 1.29 is 19.5 Å². The first-order valence-electron chi connectivity index (χ1n) is 11.4. The molecular weight excluding hydrogens is 408 g/mol. The van der Waals surface area contributed by atoms with Crippen molar-refractivity contribution in [3.05, 3.63) is 35.4 Å². The predicted molar refractivity (Wildman–Crippen MR) is 114 cm³/mol. The molecule has 7 atom stereocenters. The van der Waals surface area contributed by atoms with Gasteiger partial charge in [0.1, 0.15) is 6.04 Å². The van der Waals surface area contributed by atoms with Gasteiger partial charge >= 0.3 is 5.97 Å². The van der Waals surface area contributed by atoms with Crippen molar-refractivity contribution in [3.63, 3.8) is 0 Å². The smallest absolute Gasteiger partial charge is 0.335 e. The van der Waals surface area contributed by atoms with Crippen LogP contribution in [0.1, 0.15) is 55.1 Å². The highest BCUT2D eigenvalue weighted by molar-refractivity contribution is 5.88. The van der Waals surface area contributed by atoms with Gasteiger partial charge in [-0.15, -0.1) is 0 Å². The summed E-state index contributed by atoms with van der Waals surface area (Å²) in [4.78, 5) is 43.4. The van der Waals surface area contributed by atoms with Gasteiger partial charge < -0.3 is 14.9 Å². The van der Waals surface area contributed by atoms with Crippen molar-refractivity contribution in [2.75, 3.05) is 13.1 Å². The maximum absolute atomic E-state index is 13.2. The topological polar surface area (TPSA) is 105 Å². The molecule has 0 aromatic heterocycles. The van der Waals surface area contributed by atoms with E-state index in [9.17, 15) is 24.8 Å². The van der Waals surface area contributed by atoms with E-state index in [1.54, 1.807) is 23.1 Å². The van der Waals surface area contributed by atoms with Crippen molar-refractivity contribution in [3.8, 4) is 6.07 Å². The second-order valence-electron chi connectivity index (χ2n) is 9.80. The second-order valence-corrected chi connectivity index (χ2v) is 9.80. The standard InChI is InChI=1S/C24H28N4O4/c1-13(22(29)28-18(10-25)7-17-8-20(17)28)11-26-12-19-9-21(26)23(30)27(19)14(2)15-4-3-5-16(6-15)24(31)32/h3-6,13-14,17-21H,7-9,11-12H2,1-2H3,(H,31,32)/t13-,14-,17+,18-,19-,20?,21-/m0/s1. The number of carbonyl (C=O) groups is 3. The lowest BCUT2D eigenvalue weighted by molar-refractivity contribution is -0.142. The first kappa shape index (κ1) is 21.0. The minimum atomic E-state index is -0.979. The van der Waals surface area contributed by atoms with Gasteiger partial charge in [0.2, 0.25) is 11.8 Å². The summed E-state index contributed by atoms with van der Waals surface area (Å²) in [6.07, 6.45) is 2.54. The van der Waals surface area contributed by atoms with Crippen LogP contribution in [0, 0.1) is 23.2 Å².